The Morgan fingerprint density at radius 2 is 2.09 bits per heavy atom. The highest BCUT2D eigenvalue weighted by Crippen LogP contribution is 2.28. The van der Waals surface area contributed by atoms with Crippen molar-refractivity contribution >= 4 is 28.4 Å². The van der Waals surface area contributed by atoms with E-state index in [0.29, 0.717) is 5.56 Å². The van der Waals surface area contributed by atoms with Crippen molar-refractivity contribution in [2.45, 2.75) is 31.1 Å². The van der Waals surface area contributed by atoms with Gasteiger partial charge in [-0.05, 0) is 29.8 Å². The van der Waals surface area contributed by atoms with Crippen LogP contribution in [0.2, 0.25) is 5.02 Å². The van der Waals surface area contributed by atoms with Crippen molar-refractivity contribution in [3.8, 4) is 5.75 Å². The molecule has 1 saturated heterocycles. The number of aliphatic hydroxyl groups is 2. The number of hydrogen-bond acceptors (Lipinski definition) is 7. The first-order valence-electron chi connectivity index (χ1n) is 10.7. The number of aliphatic hydroxyl groups excluding tert-OH is 1. The molecule has 2 heterocycles. The Kier molecular flexibility index (Phi) is 7.31. The van der Waals surface area contributed by atoms with Gasteiger partial charge in [0.2, 0.25) is 0 Å². The second-order valence-corrected chi connectivity index (χ2v) is 8.68. The van der Waals surface area contributed by atoms with Crippen molar-refractivity contribution in [2.24, 2.45) is 0 Å². The minimum absolute atomic E-state index is 0.00695. The highest BCUT2D eigenvalue weighted by atomic mass is 35.5. The summed E-state index contributed by atoms with van der Waals surface area (Å²) in [5.41, 5.74) is -1.50. The van der Waals surface area contributed by atoms with Gasteiger partial charge in [-0.1, -0.05) is 17.7 Å². The van der Waals surface area contributed by atoms with Gasteiger partial charge in [-0.25, -0.2) is 13.8 Å². The Labute approximate surface area is 202 Å². The fourth-order valence-corrected chi connectivity index (χ4v) is 3.95. The number of rotatable bonds is 8. The molecule has 2 unspecified atom stereocenters. The van der Waals surface area contributed by atoms with Gasteiger partial charge in [0, 0.05) is 19.4 Å². The number of aromatic amines is 1. The Morgan fingerprint density at radius 1 is 1.31 bits per heavy atom. The molecule has 1 amide bonds. The number of carbonyl (C=O) groups is 1. The predicted molar refractivity (Wildman–Crippen MR) is 121 cm³/mol. The fraction of sp³-hybridized carbons (Fsp3) is 0.348. The van der Waals surface area contributed by atoms with Gasteiger partial charge in [0.15, 0.2) is 17.4 Å². The van der Waals surface area contributed by atoms with E-state index < -0.39 is 41.4 Å². The van der Waals surface area contributed by atoms with Crippen LogP contribution in [0.5, 0.6) is 5.75 Å². The highest BCUT2D eigenvalue weighted by Gasteiger charge is 2.37. The number of aromatic nitrogens is 2. The number of fused-ring (bicyclic) bond motifs is 1. The molecule has 0 spiro atoms. The number of halogens is 3. The molecule has 1 aliphatic rings. The predicted octanol–water partition coefficient (Wildman–Crippen LogP) is 2.07. The summed E-state index contributed by atoms with van der Waals surface area (Å²) in [6, 6.07) is 6.31. The lowest BCUT2D eigenvalue weighted by Gasteiger charge is -2.16. The van der Waals surface area contributed by atoms with Gasteiger partial charge in [-0.2, -0.15) is 0 Å². The summed E-state index contributed by atoms with van der Waals surface area (Å²) in [5.74, 6) is -2.69. The maximum atomic E-state index is 14.5. The molecule has 1 fully saturated rings. The number of amides is 1. The Bertz CT molecular complexity index is 1320. The highest BCUT2D eigenvalue weighted by molar-refractivity contribution is 6.30. The summed E-state index contributed by atoms with van der Waals surface area (Å²) >= 11 is 5.73. The van der Waals surface area contributed by atoms with E-state index in [-0.39, 0.29) is 60.1 Å². The molecule has 4 rings (SSSR count). The lowest BCUT2D eigenvalue weighted by atomic mass is 10.0. The molecule has 3 aromatic rings. The molecule has 186 valence electrons. The van der Waals surface area contributed by atoms with Crippen molar-refractivity contribution in [3.05, 3.63) is 68.7 Å². The zero-order valence-corrected chi connectivity index (χ0v) is 19.1. The smallest absolute Gasteiger partial charge is 0.287 e. The number of H-pyrrole nitrogens is 1. The number of nitrogens with one attached hydrogen (secondary N) is 2. The van der Waals surface area contributed by atoms with Gasteiger partial charge in [0.25, 0.3) is 11.5 Å². The lowest BCUT2D eigenvalue weighted by Crippen LogP contribution is -2.33. The van der Waals surface area contributed by atoms with E-state index in [1.165, 1.54) is 24.3 Å². The summed E-state index contributed by atoms with van der Waals surface area (Å²) in [4.78, 5) is 31.7. The summed E-state index contributed by atoms with van der Waals surface area (Å²) < 4.78 is 38.7. The van der Waals surface area contributed by atoms with Crippen molar-refractivity contribution in [1.82, 2.24) is 15.3 Å². The molecule has 1 aromatic heterocycles. The van der Waals surface area contributed by atoms with Crippen LogP contribution >= 0.6 is 11.6 Å². The zero-order chi connectivity index (χ0) is 25.2. The third kappa shape index (κ3) is 5.59. The van der Waals surface area contributed by atoms with E-state index in [0.717, 1.165) is 6.07 Å². The van der Waals surface area contributed by atoms with Crippen LogP contribution in [0.1, 0.15) is 29.0 Å². The number of hydrogen-bond donors (Lipinski definition) is 4. The quantitative estimate of drug-likeness (QED) is 0.365. The number of nitrogens with zero attached hydrogens (tertiary/aromatic N) is 1. The lowest BCUT2D eigenvalue weighted by molar-refractivity contribution is -0.0218. The molecule has 2 atom stereocenters. The summed E-state index contributed by atoms with van der Waals surface area (Å²) in [5, 5.41) is 21.5. The van der Waals surface area contributed by atoms with Gasteiger partial charge in [-0.3, -0.25) is 9.59 Å². The molecular weight excluding hydrogens is 488 g/mol. The molecule has 1 aliphatic heterocycles. The molecule has 0 bridgehead atoms. The average molecular weight is 510 g/mol. The molecule has 12 heteroatoms. The van der Waals surface area contributed by atoms with Crippen LogP contribution in [0.25, 0.3) is 10.9 Å². The van der Waals surface area contributed by atoms with E-state index in [4.69, 9.17) is 21.1 Å². The zero-order valence-electron chi connectivity index (χ0n) is 18.3. The standard InChI is InChI=1S/C23H22ClF2N3O6/c24-14-7-12(1-2-15(14)25)9-27-22(32)20-28-17-4-3-16(26)19(18(17)21(31)29-20)34-6-5-13-8-23(33,10-30)11-35-13/h1-4,7,13,30,33H,5-6,8-11H2,(H,27,32)(H,28,29,31). The first-order chi connectivity index (χ1) is 16.7. The van der Waals surface area contributed by atoms with Gasteiger partial charge in [0.05, 0.1) is 36.5 Å². The second-order valence-electron chi connectivity index (χ2n) is 8.27. The maximum Gasteiger partial charge on any atom is 0.287 e. The normalized spacial score (nSPS) is 19.7. The van der Waals surface area contributed by atoms with Crippen molar-refractivity contribution < 1.29 is 33.3 Å². The van der Waals surface area contributed by atoms with Crippen LogP contribution in [0.15, 0.2) is 35.1 Å². The minimum Gasteiger partial charge on any atom is -0.489 e. The number of carbonyl (C=O) groups excluding carboxylic acids is 1. The van der Waals surface area contributed by atoms with Crippen LogP contribution in [-0.2, 0) is 11.3 Å². The molecule has 9 nitrogen and oxygen atoms in total. The van der Waals surface area contributed by atoms with E-state index in [2.05, 4.69) is 15.3 Å². The van der Waals surface area contributed by atoms with Gasteiger partial charge < -0.3 is 30.0 Å². The Balaban J connectivity index is 1.47. The molecule has 0 saturated carbocycles. The minimum atomic E-state index is -1.31. The van der Waals surface area contributed by atoms with E-state index in [1.807, 2.05) is 0 Å². The van der Waals surface area contributed by atoms with Crippen molar-refractivity contribution in [3.63, 3.8) is 0 Å². The van der Waals surface area contributed by atoms with E-state index in [9.17, 15) is 28.6 Å². The maximum absolute atomic E-state index is 14.5. The molecule has 35 heavy (non-hydrogen) atoms. The molecule has 4 N–H and O–H groups in total. The van der Waals surface area contributed by atoms with Crippen LogP contribution in [-0.4, -0.2) is 57.6 Å². The molecule has 0 radical (unpaired) electrons. The third-order valence-electron chi connectivity index (χ3n) is 5.61. The fourth-order valence-electron chi connectivity index (χ4n) is 3.74. The molecule has 2 aromatic carbocycles. The van der Waals surface area contributed by atoms with Gasteiger partial charge in [0.1, 0.15) is 16.8 Å². The molecule has 0 aliphatic carbocycles. The van der Waals surface area contributed by atoms with Gasteiger partial charge >= 0.3 is 0 Å². The number of ether oxygens (including phenoxy) is 2. The van der Waals surface area contributed by atoms with E-state index in [1.54, 1.807) is 0 Å². The van der Waals surface area contributed by atoms with Crippen molar-refractivity contribution in [1.29, 1.82) is 0 Å². The Morgan fingerprint density at radius 3 is 2.80 bits per heavy atom. The summed E-state index contributed by atoms with van der Waals surface area (Å²) in [7, 11) is 0. The third-order valence-corrected chi connectivity index (χ3v) is 5.90. The monoisotopic (exact) mass is 509 g/mol. The van der Waals surface area contributed by atoms with Crippen molar-refractivity contribution in [2.75, 3.05) is 19.8 Å². The van der Waals surface area contributed by atoms with E-state index >= 15 is 0 Å². The topological polar surface area (TPSA) is 134 Å². The molecular formula is C23H22ClF2N3O6. The first-order valence-corrected chi connectivity index (χ1v) is 11.1. The SMILES string of the molecule is O=C(NCc1ccc(F)c(Cl)c1)c1nc2ccc(F)c(OCCC3CC(O)(CO)CO3)c2c(=O)[nH]1. The second kappa shape index (κ2) is 10.2. The largest absolute Gasteiger partial charge is 0.489 e. The Hall–Kier alpha value is -3.12. The summed E-state index contributed by atoms with van der Waals surface area (Å²) in [6.45, 7) is -0.465. The van der Waals surface area contributed by atoms with Crippen LogP contribution in [0, 0.1) is 11.6 Å². The van der Waals surface area contributed by atoms with Crippen LogP contribution in [0.4, 0.5) is 8.78 Å². The van der Waals surface area contributed by atoms with Gasteiger partial charge in [-0.15, -0.1) is 0 Å². The summed E-state index contributed by atoms with van der Waals surface area (Å²) in [6.07, 6.45) is 0.0976. The van der Waals surface area contributed by atoms with Crippen LogP contribution in [0.3, 0.4) is 0 Å². The number of benzene rings is 2. The average Bonchev–Trinajstić information content (AvgIpc) is 3.22. The van der Waals surface area contributed by atoms with Crippen LogP contribution < -0.4 is 15.6 Å². The first kappa shape index (κ1) is 25.0.